The van der Waals surface area contributed by atoms with Crippen LogP contribution in [0.15, 0.2) is 27.8 Å². The van der Waals surface area contributed by atoms with Crippen molar-refractivity contribution in [3.05, 3.63) is 44.2 Å². The van der Waals surface area contributed by atoms with Gasteiger partial charge in [-0.3, -0.25) is 19.2 Å². The second kappa shape index (κ2) is 10.1. The van der Waals surface area contributed by atoms with Crippen molar-refractivity contribution in [2.75, 3.05) is 24.7 Å². The number of phenolic OH excluding ortho intramolecular Hbond substituents is 1. The average molecular weight is 457 g/mol. The van der Waals surface area contributed by atoms with Crippen molar-refractivity contribution in [1.29, 1.82) is 0 Å². The second-order valence-corrected chi connectivity index (χ2v) is 9.14. The summed E-state index contributed by atoms with van der Waals surface area (Å²) in [7, 11) is 3.12. The Balaban J connectivity index is 1.81. The Kier molecular flexibility index (Phi) is 7.40. The number of hydrogen-bond acceptors (Lipinski definition) is 7. The zero-order valence-electron chi connectivity index (χ0n) is 19.5. The van der Waals surface area contributed by atoms with Crippen molar-refractivity contribution < 1.29 is 14.7 Å². The number of para-hydroxylation sites is 1. The van der Waals surface area contributed by atoms with E-state index < -0.39 is 22.8 Å². The number of aromatic hydroxyl groups is 1. The van der Waals surface area contributed by atoms with Crippen molar-refractivity contribution in [2.45, 2.75) is 58.0 Å². The van der Waals surface area contributed by atoms with Crippen LogP contribution in [-0.4, -0.2) is 48.0 Å². The second-order valence-electron chi connectivity index (χ2n) is 9.14. The number of carbonyl (C=O) groups is 2. The molecule has 4 N–H and O–H groups in total. The van der Waals surface area contributed by atoms with Crippen LogP contribution in [0.25, 0.3) is 0 Å². The fourth-order valence-electron chi connectivity index (χ4n) is 4.07. The fraction of sp³-hybridized carbons (Fsp3) is 0.500. The lowest BCUT2D eigenvalue weighted by Crippen LogP contribution is -2.50. The zero-order chi connectivity index (χ0) is 24.3. The maximum absolute atomic E-state index is 12.9. The highest BCUT2D eigenvalue weighted by Crippen LogP contribution is 2.32. The molecule has 0 unspecified atom stereocenters. The Bertz CT molecular complexity index is 1100. The van der Waals surface area contributed by atoms with Crippen molar-refractivity contribution >= 4 is 28.9 Å². The van der Waals surface area contributed by atoms with Gasteiger partial charge < -0.3 is 26.0 Å². The first-order chi connectivity index (χ1) is 15.6. The third-order valence-electron chi connectivity index (χ3n) is 6.04. The summed E-state index contributed by atoms with van der Waals surface area (Å²) < 4.78 is 0. The van der Waals surface area contributed by atoms with Crippen LogP contribution in [0.4, 0.5) is 17.1 Å². The molecule has 3 rings (SSSR count). The summed E-state index contributed by atoms with van der Waals surface area (Å²) in [6, 6.07) is 3.94. The maximum Gasteiger partial charge on any atom is 0.257 e. The van der Waals surface area contributed by atoms with Gasteiger partial charge in [0.2, 0.25) is 5.91 Å². The van der Waals surface area contributed by atoms with Gasteiger partial charge in [0.1, 0.15) is 17.4 Å². The number of nitrogens with one attached hydrogen (secondary N) is 3. The van der Waals surface area contributed by atoms with Crippen LogP contribution < -0.4 is 26.8 Å². The van der Waals surface area contributed by atoms with Gasteiger partial charge in [-0.2, -0.15) is 0 Å². The first-order valence-electron chi connectivity index (χ1n) is 11.3. The number of amides is 2. The van der Waals surface area contributed by atoms with Gasteiger partial charge in [-0.05, 0) is 30.9 Å². The first-order valence-corrected chi connectivity index (χ1v) is 11.3. The van der Waals surface area contributed by atoms with E-state index in [4.69, 9.17) is 0 Å². The third-order valence-corrected chi connectivity index (χ3v) is 6.04. The van der Waals surface area contributed by atoms with E-state index in [0.717, 1.165) is 25.7 Å². The van der Waals surface area contributed by atoms with Crippen LogP contribution in [0, 0.1) is 5.92 Å². The Labute approximate surface area is 192 Å². The number of anilines is 3. The van der Waals surface area contributed by atoms with Crippen LogP contribution in [0.2, 0.25) is 0 Å². The monoisotopic (exact) mass is 456 g/mol. The molecule has 0 aromatic heterocycles. The number of rotatable bonds is 8. The highest BCUT2D eigenvalue weighted by atomic mass is 16.3. The van der Waals surface area contributed by atoms with E-state index in [9.17, 15) is 24.3 Å². The molecule has 2 amide bonds. The summed E-state index contributed by atoms with van der Waals surface area (Å²) >= 11 is 0. The van der Waals surface area contributed by atoms with E-state index in [1.807, 2.05) is 13.8 Å². The fourth-order valence-corrected chi connectivity index (χ4v) is 4.07. The van der Waals surface area contributed by atoms with Crippen molar-refractivity contribution in [1.82, 2.24) is 10.2 Å². The molecule has 0 bridgehead atoms. The Morgan fingerprint density at radius 3 is 2.27 bits per heavy atom. The summed E-state index contributed by atoms with van der Waals surface area (Å²) in [6.45, 7) is 3.72. The Morgan fingerprint density at radius 2 is 1.67 bits per heavy atom. The molecule has 0 radical (unpaired) electrons. The summed E-state index contributed by atoms with van der Waals surface area (Å²) in [5.74, 6) is -1.08. The van der Waals surface area contributed by atoms with Crippen LogP contribution in [0.3, 0.4) is 0 Å². The minimum atomic E-state index is -0.753. The van der Waals surface area contributed by atoms with Gasteiger partial charge in [-0.25, -0.2) is 0 Å². The highest BCUT2D eigenvalue weighted by molar-refractivity contribution is 5.99. The topological polar surface area (TPSA) is 128 Å². The molecule has 0 spiro atoms. The molecule has 0 heterocycles. The molecule has 1 saturated carbocycles. The molecule has 1 atom stereocenters. The van der Waals surface area contributed by atoms with Crippen LogP contribution >= 0.6 is 0 Å². The largest absolute Gasteiger partial charge is 0.505 e. The van der Waals surface area contributed by atoms with Crippen molar-refractivity contribution in [2.24, 2.45) is 5.92 Å². The van der Waals surface area contributed by atoms with Crippen LogP contribution in [0.5, 0.6) is 5.75 Å². The van der Waals surface area contributed by atoms with Gasteiger partial charge in [-0.1, -0.05) is 39.2 Å². The number of phenols is 1. The minimum absolute atomic E-state index is 0.00114. The van der Waals surface area contributed by atoms with Gasteiger partial charge in [0.05, 0.1) is 11.3 Å². The lowest BCUT2D eigenvalue weighted by atomic mass is 9.94. The molecule has 2 aromatic rings. The number of carbonyl (C=O) groups excluding carboxylic acids is 2. The first kappa shape index (κ1) is 24.3. The molecule has 1 aliphatic rings. The van der Waals surface area contributed by atoms with E-state index in [1.165, 1.54) is 23.5 Å². The minimum Gasteiger partial charge on any atom is -0.505 e. The number of nitrogens with zero attached hydrogens (tertiary/aromatic N) is 1. The third kappa shape index (κ3) is 5.18. The Morgan fingerprint density at radius 1 is 1.03 bits per heavy atom. The number of benzene rings is 1. The standard InChI is InChI=1S/C24H32N4O5/c1-13(2)17(23(32)25-14-9-6-5-7-10-14)27-19-18(21(30)22(19)31)26-16-12-8-11-15(20(16)29)24(33)28(3)4/h8,11-14,17,26-27,29H,5-7,9-10H2,1-4H3,(H,25,32)/t17-/m1/s1. The predicted molar refractivity (Wildman–Crippen MR) is 128 cm³/mol. The van der Waals surface area contributed by atoms with Gasteiger partial charge in [0, 0.05) is 20.1 Å². The lowest BCUT2D eigenvalue weighted by Gasteiger charge is -2.29. The van der Waals surface area contributed by atoms with E-state index in [0.29, 0.717) is 0 Å². The van der Waals surface area contributed by atoms with Crippen LogP contribution in [-0.2, 0) is 4.79 Å². The number of hydrogen-bond donors (Lipinski definition) is 4. The van der Waals surface area contributed by atoms with E-state index >= 15 is 0 Å². The predicted octanol–water partition coefficient (Wildman–Crippen LogP) is 2.32. The SMILES string of the molecule is CC(C)[C@@H](Nc1c(Nc2cccc(C(=O)N(C)C)c2O)c(=O)c1=O)C(=O)NC1CCCCC1. The average Bonchev–Trinajstić information content (AvgIpc) is 2.79. The zero-order valence-corrected chi connectivity index (χ0v) is 19.5. The summed E-state index contributed by atoms with van der Waals surface area (Å²) in [5.41, 5.74) is -1.34. The van der Waals surface area contributed by atoms with Gasteiger partial charge >= 0.3 is 0 Å². The molecular formula is C24H32N4O5. The molecule has 0 saturated heterocycles. The summed E-state index contributed by atoms with van der Waals surface area (Å²) in [6.07, 6.45) is 5.20. The highest BCUT2D eigenvalue weighted by Gasteiger charge is 2.30. The molecule has 1 aliphatic carbocycles. The van der Waals surface area contributed by atoms with Gasteiger partial charge in [0.25, 0.3) is 16.8 Å². The molecule has 9 heteroatoms. The quantitative estimate of drug-likeness (QED) is 0.354. The molecule has 0 aliphatic heterocycles. The molecule has 33 heavy (non-hydrogen) atoms. The summed E-state index contributed by atoms with van der Waals surface area (Å²) in [4.78, 5) is 51.1. The van der Waals surface area contributed by atoms with E-state index in [-0.39, 0.29) is 46.2 Å². The Hall–Kier alpha value is -3.36. The van der Waals surface area contributed by atoms with Crippen LogP contribution in [0.1, 0.15) is 56.3 Å². The van der Waals surface area contributed by atoms with Crippen molar-refractivity contribution in [3.8, 4) is 5.75 Å². The van der Waals surface area contributed by atoms with Gasteiger partial charge in [-0.15, -0.1) is 0 Å². The lowest BCUT2D eigenvalue weighted by molar-refractivity contribution is -0.123. The molecule has 2 aromatic carbocycles. The van der Waals surface area contributed by atoms with Gasteiger partial charge in [0.15, 0.2) is 5.75 Å². The molecule has 1 fully saturated rings. The summed E-state index contributed by atoms with van der Waals surface area (Å²) in [5, 5.41) is 19.3. The molecular weight excluding hydrogens is 424 g/mol. The van der Waals surface area contributed by atoms with Crippen molar-refractivity contribution in [3.63, 3.8) is 0 Å². The molecule has 178 valence electrons. The van der Waals surface area contributed by atoms with E-state index in [1.54, 1.807) is 20.2 Å². The smallest absolute Gasteiger partial charge is 0.257 e. The molecule has 9 nitrogen and oxygen atoms in total. The maximum atomic E-state index is 12.9. The normalized spacial score (nSPS) is 15.3. The van der Waals surface area contributed by atoms with E-state index in [2.05, 4.69) is 16.0 Å².